The zero-order valence-corrected chi connectivity index (χ0v) is 20.0. The maximum atomic E-state index is 13.6. The zero-order chi connectivity index (χ0) is 23.7. The molecule has 8 heteroatoms. The lowest BCUT2D eigenvalue weighted by atomic mass is 10.0. The van der Waals surface area contributed by atoms with Crippen molar-refractivity contribution >= 4 is 23.6 Å². The van der Waals surface area contributed by atoms with Crippen LogP contribution in [0.25, 0.3) is 11.3 Å². The van der Waals surface area contributed by atoms with Gasteiger partial charge in [-0.1, -0.05) is 18.2 Å². The maximum absolute atomic E-state index is 13.6. The van der Waals surface area contributed by atoms with Gasteiger partial charge < -0.3 is 15.0 Å². The number of fused-ring (bicyclic) bond motifs is 1. The third-order valence-electron chi connectivity index (χ3n) is 6.36. The fraction of sp³-hybridized carbons (Fsp3) is 0.308. The number of rotatable bonds is 5. The van der Waals surface area contributed by atoms with E-state index in [1.807, 2.05) is 43.3 Å². The van der Waals surface area contributed by atoms with Crippen LogP contribution in [-0.4, -0.2) is 57.5 Å². The van der Waals surface area contributed by atoms with Crippen LogP contribution < -0.4 is 10.1 Å². The van der Waals surface area contributed by atoms with Crippen molar-refractivity contribution in [1.82, 2.24) is 20.2 Å². The Balaban J connectivity index is 1.33. The van der Waals surface area contributed by atoms with Crippen molar-refractivity contribution < 1.29 is 14.3 Å². The van der Waals surface area contributed by atoms with E-state index >= 15 is 0 Å². The average molecular weight is 475 g/mol. The Kier molecular flexibility index (Phi) is 6.24. The molecule has 1 aromatic heterocycles. The molecule has 1 atom stereocenters. The molecule has 3 aromatic rings. The first-order chi connectivity index (χ1) is 16.5. The Bertz CT molecular complexity index is 1260. The Morgan fingerprint density at radius 2 is 2.00 bits per heavy atom. The fourth-order valence-electron chi connectivity index (χ4n) is 4.36. The minimum Gasteiger partial charge on any atom is -0.493 e. The molecule has 2 aliphatic heterocycles. The summed E-state index contributed by atoms with van der Waals surface area (Å²) in [4.78, 5) is 37.1. The van der Waals surface area contributed by atoms with Crippen molar-refractivity contribution in [2.45, 2.75) is 25.6 Å². The second-order valence-electron chi connectivity index (χ2n) is 8.47. The Labute approximate surface area is 202 Å². The van der Waals surface area contributed by atoms with E-state index in [2.05, 4.69) is 22.2 Å². The maximum Gasteiger partial charge on any atom is 0.275 e. The van der Waals surface area contributed by atoms with Gasteiger partial charge in [-0.3, -0.25) is 14.6 Å². The Morgan fingerprint density at radius 3 is 2.85 bits per heavy atom. The van der Waals surface area contributed by atoms with Crippen LogP contribution in [-0.2, 0) is 6.42 Å². The van der Waals surface area contributed by atoms with Gasteiger partial charge in [0.05, 0.1) is 12.0 Å². The van der Waals surface area contributed by atoms with Gasteiger partial charge in [0.25, 0.3) is 11.8 Å². The van der Waals surface area contributed by atoms with Crippen molar-refractivity contribution in [3.05, 3.63) is 76.7 Å². The highest BCUT2D eigenvalue weighted by atomic mass is 32.2. The van der Waals surface area contributed by atoms with E-state index in [0.717, 1.165) is 34.6 Å². The van der Waals surface area contributed by atoms with Crippen LogP contribution in [0, 0.1) is 13.8 Å². The van der Waals surface area contributed by atoms with E-state index in [9.17, 15) is 9.59 Å². The number of ether oxygens (including phenoxy) is 1. The predicted octanol–water partition coefficient (Wildman–Crippen LogP) is 3.64. The van der Waals surface area contributed by atoms with Crippen molar-refractivity contribution in [2.24, 2.45) is 0 Å². The molecule has 7 nitrogen and oxygen atoms in total. The largest absolute Gasteiger partial charge is 0.493 e. The number of aryl methyl sites for hydroxylation is 2. The first-order valence-electron chi connectivity index (χ1n) is 11.4. The first-order valence-corrected chi connectivity index (χ1v) is 12.4. The Morgan fingerprint density at radius 1 is 1.15 bits per heavy atom. The summed E-state index contributed by atoms with van der Waals surface area (Å²) in [5.74, 6) is 1.28. The number of amides is 2. The summed E-state index contributed by atoms with van der Waals surface area (Å²) in [5, 5.41) is 2.85. The monoisotopic (exact) mass is 474 g/mol. The highest BCUT2D eigenvalue weighted by Gasteiger charge is 2.33. The molecule has 0 radical (unpaired) electrons. The SMILES string of the molecule is Cc1ccc(-c2nccnc2C(=O)N2CCSC2CNC(=O)c2cccc3c2CCO3)cc1C. The molecule has 1 saturated heterocycles. The molecule has 0 bridgehead atoms. The van der Waals surface area contributed by atoms with Crippen molar-refractivity contribution in [1.29, 1.82) is 0 Å². The fourth-order valence-corrected chi connectivity index (χ4v) is 5.52. The molecule has 1 unspecified atom stereocenters. The van der Waals surface area contributed by atoms with Crippen molar-refractivity contribution in [3.8, 4) is 17.0 Å². The topological polar surface area (TPSA) is 84.4 Å². The van der Waals surface area contributed by atoms with E-state index < -0.39 is 0 Å². The number of thioether (sulfide) groups is 1. The van der Waals surface area contributed by atoms with Crippen LogP contribution >= 0.6 is 11.8 Å². The summed E-state index contributed by atoms with van der Waals surface area (Å²) in [5.41, 5.74) is 5.69. The number of hydrogen-bond acceptors (Lipinski definition) is 6. The molecule has 0 spiro atoms. The summed E-state index contributed by atoms with van der Waals surface area (Å²) in [6, 6.07) is 11.6. The van der Waals surface area contributed by atoms with Gasteiger partial charge in [0.15, 0.2) is 5.69 Å². The van der Waals surface area contributed by atoms with Gasteiger partial charge in [-0.2, -0.15) is 0 Å². The first kappa shape index (κ1) is 22.4. The van der Waals surface area contributed by atoms with Crippen LogP contribution in [0.3, 0.4) is 0 Å². The molecular weight excluding hydrogens is 448 g/mol. The molecule has 0 aliphatic carbocycles. The number of aromatic nitrogens is 2. The molecule has 2 aromatic carbocycles. The van der Waals surface area contributed by atoms with E-state index in [1.54, 1.807) is 29.1 Å². The van der Waals surface area contributed by atoms with Crippen LogP contribution in [0.2, 0.25) is 0 Å². The van der Waals surface area contributed by atoms with Gasteiger partial charge >= 0.3 is 0 Å². The summed E-state index contributed by atoms with van der Waals surface area (Å²) in [6.45, 7) is 5.65. The third kappa shape index (κ3) is 4.25. The molecule has 1 N–H and O–H groups in total. The minimum atomic E-state index is -0.168. The standard InChI is InChI=1S/C26H26N4O3S/c1-16-6-7-18(14-17(16)2)23-24(28-10-9-27-23)26(32)30-11-13-34-22(30)15-29-25(31)20-4-3-5-21-19(20)8-12-33-21/h3-7,9-10,14,22H,8,11-13,15H2,1-2H3,(H,29,31). The number of carbonyl (C=O) groups excluding carboxylic acids is 2. The third-order valence-corrected chi connectivity index (χ3v) is 7.58. The van der Waals surface area contributed by atoms with Gasteiger partial charge in [-0.15, -0.1) is 11.8 Å². The zero-order valence-electron chi connectivity index (χ0n) is 19.2. The van der Waals surface area contributed by atoms with E-state index in [1.165, 1.54) is 5.56 Å². The molecule has 174 valence electrons. The summed E-state index contributed by atoms with van der Waals surface area (Å²) >= 11 is 1.66. The molecule has 1 fully saturated rings. The number of nitrogens with zero attached hydrogens (tertiary/aromatic N) is 3. The highest BCUT2D eigenvalue weighted by molar-refractivity contribution is 8.00. The lowest BCUT2D eigenvalue weighted by Crippen LogP contribution is -2.42. The lowest BCUT2D eigenvalue weighted by Gasteiger charge is -2.24. The smallest absolute Gasteiger partial charge is 0.275 e. The van der Waals surface area contributed by atoms with Gasteiger partial charge in [-0.05, 0) is 43.2 Å². The average Bonchev–Trinajstić information content (AvgIpc) is 3.53. The van der Waals surface area contributed by atoms with Crippen LogP contribution in [0.1, 0.15) is 37.5 Å². The molecule has 3 heterocycles. The normalized spacial score (nSPS) is 16.8. The number of benzene rings is 2. The van der Waals surface area contributed by atoms with Gasteiger partial charge in [0, 0.05) is 54.3 Å². The summed E-state index contributed by atoms with van der Waals surface area (Å²) in [7, 11) is 0. The van der Waals surface area contributed by atoms with Crippen LogP contribution in [0.15, 0.2) is 48.8 Å². The molecule has 34 heavy (non-hydrogen) atoms. The molecule has 5 rings (SSSR count). The highest BCUT2D eigenvalue weighted by Crippen LogP contribution is 2.30. The van der Waals surface area contributed by atoms with Crippen LogP contribution in [0.5, 0.6) is 5.75 Å². The number of nitrogens with one attached hydrogen (secondary N) is 1. The van der Waals surface area contributed by atoms with E-state index in [-0.39, 0.29) is 17.2 Å². The number of hydrogen-bond donors (Lipinski definition) is 1. The predicted molar refractivity (Wildman–Crippen MR) is 132 cm³/mol. The Hall–Kier alpha value is -3.39. The van der Waals surface area contributed by atoms with Crippen LogP contribution in [0.4, 0.5) is 0 Å². The molecule has 2 amide bonds. The van der Waals surface area contributed by atoms with E-state index in [0.29, 0.717) is 36.6 Å². The second-order valence-corrected chi connectivity index (χ2v) is 9.75. The molecular formula is C26H26N4O3S. The van der Waals surface area contributed by atoms with Gasteiger partial charge in [0.2, 0.25) is 0 Å². The quantitative estimate of drug-likeness (QED) is 0.608. The lowest BCUT2D eigenvalue weighted by molar-refractivity contribution is 0.0746. The summed E-state index contributed by atoms with van der Waals surface area (Å²) < 4.78 is 5.58. The van der Waals surface area contributed by atoms with Gasteiger partial charge in [-0.25, -0.2) is 4.98 Å². The van der Waals surface area contributed by atoms with Crippen molar-refractivity contribution in [2.75, 3.05) is 25.4 Å². The molecule has 2 aliphatic rings. The van der Waals surface area contributed by atoms with Crippen molar-refractivity contribution in [3.63, 3.8) is 0 Å². The minimum absolute atomic E-state index is 0.141. The van der Waals surface area contributed by atoms with Gasteiger partial charge in [0.1, 0.15) is 11.4 Å². The van der Waals surface area contributed by atoms with E-state index in [4.69, 9.17) is 4.74 Å². The summed E-state index contributed by atoms with van der Waals surface area (Å²) in [6.07, 6.45) is 3.89. The number of carbonyl (C=O) groups is 2. The second kappa shape index (κ2) is 9.46. The molecule has 0 saturated carbocycles.